The number of halogens is 2. The maximum Gasteiger partial charge on any atom is 0.340 e. The van der Waals surface area contributed by atoms with Gasteiger partial charge in [-0.05, 0) is 196 Å². The number of carboxylic acid groups (broad SMARTS) is 2. The fraction of sp³-hybridized carbons (Fsp3) is 0.529. The Morgan fingerprint density at radius 1 is 0.581 bits per heavy atom. The van der Waals surface area contributed by atoms with E-state index in [0.29, 0.717) is 85.2 Å². The van der Waals surface area contributed by atoms with Gasteiger partial charge in [0.15, 0.2) is 11.2 Å². The van der Waals surface area contributed by atoms with Crippen molar-refractivity contribution in [1.29, 1.82) is 0 Å². The molecular formula is C68H82Cl2N4O12. The van der Waals surface area contributed by atoms with Crippen LogP contribution in [0.15, 0.2) is 97.1 Å². The van der Waals surface area contributed by atoms with Crippen molar-refractivity contribution in [3.63, 3.8) is 0 Å². The van der Waals surface area contributed by atoms with E-state index in [1.165, 1.54) is 32.1 Å². The Morgan fingerprint density at radius 2 is 0.988 bits per heavy atom. The number of carbonyl (C=O) groups is 4. The molecule has 18 heteroatoms. The molecule has 2 fully saturated rings. The molecule has 86 heavy (non-hydrogen) atoms. The van der Waals surface area contributed by atoms with E-state index < -0.39 is 60.0 Å². The van der Waals surface area contributed by atoms with E-state index in [0.717, 1.165) is 64.2 Å². The molecular weight excluding hydrogens is 1140 g/mol. The second-order valence-corrected chi connectivity index (χ2v) is 27.2. The van der Waals surface area contributed by atoms with E-state index >= 15 is 0 Å². The summed E-state index contributed by atoms with van der Waals surface area (Å²) in [4.78, 5) is 59.3. The van der Waals surface area contributed by atoms with Crippen molar-refractivity contribution < 1.29 is 59.3 Å². The fourth-order valence-corrected chi connectivity index (χ4v) is 15.5. The number of anilines is 2. The minimum atomic E-state index is -2.41. The van der Waals surface area contributed by atoms with E-state index in [9.17, 15) is 49.8 Å². The molecule has 460 valence electrons. The van der Waals surface area contributed by atoms with Crippen molar-refractivity contribution >= 4 is 58.3 Å². The molecule has 4 aromatic rings. The maximum absolute atomic E-state index is 13.3. The molecule has 16 nitrogen and oxygen atoms in total. The SMILES string of the molecule is C[C@@H]1C/C=C/[C@H](O)[C@@H]2CC[C@H]2CN2C[C@@]3(CCCc4cc(Cl)ccc43)COc3ccc(cc32)[C@@](O)(C(=O)O)CC(=O)N1C.C[C@@H]1C/C=C/[C@H](O)[C@@H]2CC[C@H]2CN2C[C@@]3(CCCc4cc(Cl)ccc43)COc3ccc(cc32)[C@](O)(C(=O)O)CC(=O)N1C. The highest BCUT2D eigenvalue weighted by Gasteiger charge is 2.49. The zero-order valence-electron chi connectivity index (χ0n) is 49.7. The summed E-state index contributed by atoms with van der Waals surface area (Å²) in [5.74, 6) is -2.01. The number of benzene rings is 4. The topological polar surface area (TPSA) is 221 Å². The van der Waals surface area contributed by atoms with Crippen molar-refractivity contribution in [2.45, 2.75) is 150 Å². The van der Waals surface area contributed by atoms with Gasteiger partial charge in [-0.2, -0.15) is 0 Å². The van der Waals surface area contributed by atoms with E-state index in [1.807, 2.05) is 50.3 Å². The first-order valence-corrected chi connectivity index (χ1v) is 31.5. The molecule has 4 aliphatic carbocycles. The van der Waals surface area contributed by atoms with Crippen LogP contribution in [-0.2, 0) is 54.1 Å². The van der Waals surface area contributed by atoms with Crippen molar-refractivity contribution in [3.05, 3.63) is 141 Å². The summed E-state index contributed by atoms with van der Waals surface area (Å²) in [5, 5.41) is 67.5. The van der Waals surface area contributed by atoms with Gasteiger partial charge < -0.3 is 59.7 Å². The van der Waals surface area contributed by atoms with E-state index in [2.05, 4.69) is 34.1 Å². The third kappa shape index (κ3) is 11.7. The van der Waals surface area contributed by atoms with Crippen LogP contribution in [0.4, 0.5) is 11.4 Å². The van der Waals surface area contributed by atoms with Crippen LogP contribution < -0.4 is 19.3 Å². The normalized spacial score (nSPS) is 33.5. The number of carboxylic acids is 2. The molecule has 4 aliphatic heterocycles. The Kier molecular flexibility index (Phi) is 17.5. The summed E-state index contributed by atoms with van der Waals surface area (Å²) < 4.78 is 13.1. The molecule has 0 saturated heterocycles. The summed E-state index contributed by atoms with van der Waals surface area (Å²) in [6, 6.07) is 21.7. The zero-order valence-corrected chi connectivity index (χ0v) is 51.2. The van der Waals surface area contributed by atoms with Crippen molar-refractivity contribution in [2.75, 3.05) is 63.3 Å². The number of aryl methyl sites for hydroxylation is 2. The number of ether oxygens (including phenoxy) is 2. The number of hydrogen-bond donors (Lipinski definition) is 6. The van der Waals surface area contributed by atoms with Crippen LogP contribution in [0.25, 0.3) is 0 Å². The van der Waals surface area contributed by atoms with Crippen molar-refractivity contribution in [1.82, 2.24) is 9.80 Å². The molecule has 4 heterocycles. The van der Waals surface area contributed by atoms with Gasteiger partial charge in [0.25, 0.3) is 0 Å². The van der Waals surface area contributed by atoms with Crippen LogP contribution >= 0.6 is 23.2 Å². The van der Waals surface area contributed by atoms with Crippen molar-refractivity contribution in [2.24, 2.45) is 23.7 Å². The van der Waals surface area contributed by atoms with Gasteiger partial charge in [0, 0.05) is 73.2 Å². The molecule has 6 N–H and O–H groups in total. The number of nitrogens with zero attached hydrogens (tertiary/aromatic N) is 4. The largest absolute Gasteiger partial charge is 0.490 e. The number of aliphatic hydroxyl groups is 4. The lowest BCUT2D eigenvalue weighted by Gasteiger charge is -2.45. The highest BCUT2D eigenvalue weighted by atomic mass is 35.5. The van der Waals surface area contributed by atoms with Gasteiger partial charge >= 0.3 is 11.9 Å². The number of fused-ring (bicyclic) bond motifs is 8. The first-order valence-electron chi connectivity index (χ1n) is 30.8. The Hall–Kier alpha value is -6.14. The Labute approximate surface area is 514 Å². The van der Waals surface area contributed by atoms with Crippen molar-refractivity contribution in [3.8, 4) is 11.5 Å². The highest BCUT2D eigenvalue weighted by Crippen LogP contribution is 2.50. The Bertz CT molecular complexity index is 3110. The van der Waals surface area contributed by atoms with Gasteiger partial charge in [-0.3, -0.25) is 9.59 Å². The second-order valence-electron chi connectivity index (χ2n) is 26.3. The van der Waals surface area contributed by atoms with Crippen LogP contribution in [0, 0.1) is 23.7 Å². The summed E-state index contributed by atoms with van der Waals surface area (Å²) in [6.07, 6.45) is 15.7. The third-order valence-corrected chi connectivity index (χ3v) is 21.5. The predicted molar refractivity (Wildman–Crippen MR) is 329 cm³/mol. The predicted octanol–water partition coefficient (Wildman–Crippen LogP) is 9.34. The van der Waals surface area contributed by atoms with Crippen LogP contribution in [0.1, 0.15) is 124 Å². The fourth-order valence-electron chi connectivity index (χ4n) is 15.1. The number of carbonyl (C=O) groups excluding carboxylic acids is 2. The first kappa shape index (κ1) is 61.5. The van der Waals surface area contributed by atoms with Gasteiger partial charge in [0.2, 0.25) is 11.8 Å². The molecule has 2 saturated carbocycles. The van der Waals surface area contributed by atoms with E-state index in [-0.39, 0.29) is 57.7 Å². The lowest BCUT2D eigenvalue weighted by Crippen LogP contribution is -2.49. The van der Waals surface area contributed by atoms with Crippen LogP contribution in [-0.4, -0.2) is 142 Å². The molecule has 4 bridgehead atoms. The number of amides is 2. The molecule has 0 aromatic heterocycles. The monoisotopic (exact) mass is 1220 g/mol. The molecule has 2 amide bonds. The molecule has 0 unspecified atom stereocenters. The summed E-state index contributed by atoms with van der Waals surface area (Å²) in [5.41, 5.74) is 1.14. The summed E-state index contributed by atoms with van der Waals surface area (Å²) >= 11 is 12.8. The van der Waals surface area contributed by atoms with E-state index in [4.69, 9.17) is 32.7 Å². The van der Waals surface area contributed by atoms with E-state index in [1.54, 1.807) is 50.5 Å². The Morgan fingerprint density at radius 3 is 1.36 bits per heavy atom. The summed E-state index contributed by atoms with van der Waals surface area (Å²) in [6.45, 7) is 7.23. The Balaban J connectivity index is 0.000000179. The number of aliphatic hydroxyl groups excluding tert-OH is 2. The molecule has 12 rings (SSSR count). The minimum absolute atomic E-state index is 0.0963. The van der Waals surface area contributed by atoms with Gasteiger partial charge in [0.05, 0.1) is 49.6 Å². The van der Waals surface area contributed by atoms with Gasteiger partial charge in [-0.15, -0.1) is 0 Å². The van der Waals surface area contributed by atoms with Gasteiger partial charge in [0.1, 0.15) is 11.5 Å². The number of aliphatic carboxylic acids is 2. The zero-order chi connectivity index (χ0) is 61.0. The van der Waals surface area contributed by atoms with Gasteiger partial charge in [-0.1, -0.05) is 71.8 Å². The molecule has 4 aromatic carbocycles. The molecule has 0 radical (unpaired) electrons. The number of rotatable bonds is 2. The first-order chi connectivity index (χ1) is 41.0. The average molecular weight is 1220 g/mol. The maximum atomic E-state index is 13.3. The van der Waals surface area contributed by atoms with Crippen LogP contribution in [0.3, 0.4) is 0 Å². The molecule has 2 spiro atoms. The second kappa shape index (κ2) is 24.4. The standard InChI is InChI=1S/2C34H41ClN2O6/c2*1-21-5-3-7-29(38)26-11-8-23(26)18-37-19-33(14-4-6-22-15-25(35)10-12-27(22)33)20-43-30-13-9-24(16-28(30)37)34(42,32(40)41)17-31(39)36(21)2/h2*3,7,9-10,12-13,15-16,21,23,26,29,38,42H,4-6,8,11,14,17-20H2,1-2H3,(H,40,41)/b2*7-3+/t21-,23+,26-,29+,33+,34+;21-,23+,26-,29+,33+,34-/m11/s1. The summed E-state index contributed by atoms with van der Waals surface area (Å²) in [7, 11) is 3.23. The smallest absolute Gasteiger partial charge is 0.340 e. The third-order valence-electron chi connectivity index (χ3n) is 21.0. The van der Waals surface area contributed by atoms with Crippen LogP contribution in [0.5, 0.6) is 11.5 Å². The molecule has 12 atom stereocenters. The van der Waals surface area contributed by atoms with Crippen LogP contribution in [0.2, 0.25) is 10.0 Å². The lowest BCUT2D eigenvalue weighted by atomic mass is 9.68. The lowest BCUT2D eigenvalue weighted by molar-refractivity contribution is -0.165. The quantitative estimate of drug-likeness (QED) is 0.103. The molecule has 8 aliphatic rings. The average Bonchev–Trinajstić information content (AvgIpc) is 1.63. The minimum Gasteiger partial charge on any atom is -0.490 e. The van der Waals surface area contributed by atoms with Gasteiger partial charge in [-0.25, -0.2) is 9.59 Å². The highest BCUT2D eigenvalue weighted by molar-refractivity contribution is 6.31. The number of hydrogen-bond acceptors (Lipinski definition) is 12.